The standard InChI is InChI=1S/C15H15FN2O2S2/c16-12-3-1-11(2-4-12)9-13-14(19)18(15(21)22-13)10-17-5-7-20-8-6-17/h1-4,9H,5-8,10H2. The minimum atomic E-state index is -0.294. The third-order valence-electron chi connectivity index (χ3n) is 3.49. The van der Waals surface area contributed by atoms with Gasteiger partial charge in [-0.1, -0.05) is 36.1 Å². The van der Waals surface area contributed by atoms with Crippen molar-refractivity contribution in [2.75, 3.05) is 33.0 Å². The van der Waals surface area contributed by atoms with Gasteiger partial charge in [-0.3, -0.25) is 14.6 Å². The Balaban J connectivity index is 1.71. The van der Waals surface area contributed by atoms with Crippen molar-refractivity contribution in [1.29, 1.82) is 0 Å². The Hall–Kier alpha value is -1.28. The number of benzene rings is 1. The summed E-state index contributed by atoms with van der Waals surface area (Å²) in [5, 5.41) is 0. The Morgan fingerprint density at radius 3 is 2.64 bits per heavy atom. The lowest BCUT2D eigenvalue weighted by atomic mass is 10.2. The van der Waals surface area contributed by atoms with Crippen molar-refractivity contribution < 1.29 is 13.9 Å². The largest absolute Gasteiger partial charge is 0.379 e. The molecule has 116 valence electrons. The first-order chi connectivity index (χ1) is 10.6. The van der Waals surface area contributed by atoms with Gasteiger partial charge in [-0.15, -0.1) is 0 Å². The zero-order valence-corrected chi connectivity index (χ0v) is 13.5. The molecule has 0 radical (unpaired) electrons. The number of halogens is 1. The van der Waals surface area contributed by atoms with Gasteiger partial charge >= 0.3 is 0 Å². The molecule has 0 bridgehead atoms. The first-order valence-electron chi connectivity index (χ1n) is 6.94. The Kier molecular flexibility index (Phi) is 4.87. The fourth-order valence-corrected chi connectivity index (χ4v) is 3.52. The van der Waals surface area contributed by atoms with E-state index in [-0.39, 0.29) is 11.7 Å². The Morgan fingerprint density at radius 1 is 1.27 bits per heavy atom. The van der Waals surface area contributed by atoms with Gasteiger partial charge in [0.2, 0.25) is 0 Å². The van der Waals surface area contributed by atoms with Crippen LogP contribution in [0.15, 0.2) is 29.2 Å². The number of thiocarbonyl (C=S) groups is 1. The third kappa shape index (κ3) is 3.55. The average Bonchev–Trinajstić information content (AvgIpc) is 2.78. The first kappa shape index (κ1) is 15.6. The minimum Gasteiger partial charge on any atom is -0.379 e. The molecular formula is C15H15FN2O2S2. The van der Waals surface area contributed by atoms with Gasteiger partial charge in [0.05, 0.1) is 24.8 Å². The molecule has 0 spiro atoms. The molecular weight excluding hydrogens is 323 g/mol. The van der Waals surface area contributed by atoms with Crippen LogP contribution >= 0.6 is 24.0 Å². The van der Waals surface area contributed by atoms with Gasteiger partial charge in [0, 0.05) is 13.1 Å². The highest BCUT2D eigenvalue weighted by Crippen LogP contribution is 2.32. The summed E-state index contributed by atoms with van der Waals surface area (Å²) in [6.07, 6.45) is 1.75. The van der Waals surface area contributed by atoms with Crippen molar-refractivity contribution in [3.8, 4) is 0 Å². The van der Waals surface area contributed by atoms with E-state index >= 15 is 0 Å². The van der Waals surface area contributed by atoms with E-state index in [4.69, 9.17) is 17.0 Å². The van der Waals surface area contributed by atoms with E-state index in [0.717, 1.165) is 18.7 Å². The summed E-state index contributed by atoms with van der Waals surface area (Å²) in [7, 11) is 0. The van der Waals surface area contributed by atoms with Crippen molar-refractivity contribution in [2.24, 2.45) is 0 Å². The number of hydrogen-bond acceptors (Lipinski definition) is 5. The molecule has 0 aliphatic carbocycles. The maximum Gasteiger partial charge on any atom is 0.267 e. The Morgan fingerprint density at radius 2 is 1.95 bits per heavy atom. The van der Waals surface area contributed by atoms with Crippen molar-refractivity contribution in [3.63, 3.8) is 0 Å². The van der Waals surface area contributed by atoms with Crippen LogP contribution in [0.3, 0.4) is 0 Å². The topological polar surface area (TPSA) is 32.8 Å². The Labute approximate surface area is 137 Å². The summed E-state index contributed by atoms with van der Waals surface area (Å²) < 4.78 is 18.8. The second-order valence-corrected chi connectivity index (χ2v) is 6.71. The van der Waals surface area contributed by atoms with E-state index in [1.165, 1.54) is 23.9 Å². The summed E-state index contributed by atoms with van der Waals surface area (Å²) in [6.45, 7) is 3.46. The monoisotopic (exact) mass is 338 g/mol. The maximum atomic E-state index is 12.9. The summed E-state index contributed by atoms with van der Waals surface area (Å²) in [5.41, 5.74) is 0.785. The number of ether oxygens (including phenoxy) is 1. The number of carbonyl (C=O) groups is 1. The molecule has 4 nitrogen and oxygen atoms in total. The molecule has 1 aromatic rings. The second-order valence-electron chi connectivity index (χ2n) is 5.03. The molecule has 2 aliphatic rings. The normalized spacial score (nSPS) is 21.9. The molecule has 0 aromatic heterocycles. The van der Waals surface area contributed by atoms with Crippen LogP contribution < -0.4 is 0 Å². The van der Waals surface area contributed by atoms with Crippen molar-refractivity contribution in [2.45, 2.75) is 0 Å². The van der Waals surface area contributed by atoms with Crippen LogP contribution in [-0.2, 0) is 9.53 Å². The van der Waals surface area contributed by atoms with Crippen LogP contribution in [0.4, 0.5) is 4.39 Å². The van der Waals surface area contributed by atoms with Gasteiger partial charge in [0.1, 0.15) is 10.1 Å². The second kappa shape index (κ2) is 6.87. The van der Waals surface area contributed by atoms with Gasteiger partial charge in [-0.25, -0.2) is 4.39 Å². The lowest BCUT2D eigenvalue weighted by Gasteiger charge is -2.29. The molecule has 0 unspecified atom stereocenters. The molecule has 2 heterocycles. The predicted octanol–water partition coefficient (Wildman–Crippen LogP) is 2.32. The quantitative estimate of drug-likeness (QED) is 0.624. The molecule has 2 aliphatic heterocycles. The average molecular weight is 338 g/mol. The summed E-state index contributed by atoms with van der Waals surface area (Å²) in [6, 6.07) is 6.04. The van der Waals surface area contributed by atoms with Crippen molar-refractivity contribution in [1.82, 2.24) is 9.80 Å². The van der Waals surface area contributed by atoms with Gasteiger partial charge in [-0.05, 0) is 23.8 Å². The lowest BCUT2D eigenvalue weighted by molar-refractivity contribution is -0.124. The van der Waals surface area contributed by atoms with Crippen molar-refractivity contribution >= 4 is 40.3 Å². The number of rotatable bonds is 3. The van der Waals surface area contributed by atoms with Crippen molar-refractivity contribution in [3.05, 3.63) is 40.6 Å². The van der Waals surface area contributed by atoms with Crippen LogP contribution in [-0.4, -0.2) is 53.0 Å². The maximum absolute atomic E-state index is 12.9. The zero-order chi connectivity index (χ0) is 15.5. The number of carbonyl (C=O) groups excluding carboxylic acids is 1. The van der Waals surface area contributed by atoms with E-state index in [2.05, 4.69) is 4.90 Å². The Bertz CT molecular complexity index is 612. The van der Waals surface area contributed by atoms with Crippen LogP contribution in [0.2, 0.25) is 0 Å². The molecule has 22 heavy (non-hydrogen) atoms. The van der Waals surface area contributed by atoms with E-state index in [1.807, 2.05) is 0 Å². The smallest absolute Gasteiger partial charge is 0.267 e. The van der Waals surface area contributed by atoms with Crippen LogP contribution in [0.1, 0.15) is 5.56 Å². The highest BCUT2D eigenvalue weighted by Gasteiger charge is 2.33. The minimum absolute atomic E-state index is 0.0918. The predicted molar refractivity (Wildman–Crippen MR) is 88.7 cm³/mol. The molecule has 0 atom stereocenters. The van der Waals surface area contributed by atoms with Crippen LogP contribution in [0, 0.1) is 5.82 Å². The highest BCUT2D eigenvalue weighted by molar-refractivity contribution is 8.26. The van der Waals surface area contributed by atoms with Gasteiger partial charge in [0.15, 0.2) is 0 Å². The van der Waals surface area contributed by atoms with E-state index < -0.39 is 0 Å². The van der Waals surface area contributed by atoms with E-state index in [9.17, 15) is 9.18 Å². The molecule has 7 heteroatoms. The highest BCUT2D eigenvalue weighted by atomic mass is 32.2. The van der Waals surface area contributed by atoms with E-state index in [1.54, 1.807) is 23.1 Å². The lowest BCUT2D eigenvalue weighted by Crippen LogP contribution is -2.45. The summed E-state index contributed by atoms with van der Waals surface area (Å²) in [4.78, 5) is 16.8. The molecule has 1 amide bonds. The fourth-order valence-electron chi connectivity index (χ4n) is 2.27. The third-order valence-corrected chi connectivity index (χ3v) is 4.86. The number of thioether (sulfide) groups is 1. The van der Waals surface area contributed by atoms with Crippen LogP contribution in [0.25, 0.3) is 6.08 Å². The van der Waals surface area contributed by atoms with Gasteiger partial charge in [0.25, 0.3) is 5.91 Å². The van der Waals surface area contributed by atoms with Gasteiger partial charge in [-0.2, -0.15) is 0 Å². The number of hydrogen-bond donors (Lipinski definition) is 0. The molecule has 0 N–H and O–H groups in total. The first-order valence-corrected chi connectivity index (χ1v) is 8.17. The summed E-state index contributed by atoms with van der Waals surface area (Å²) >= 11 is 6.60. The number of nitrogens with zero attached hydrogens (tertiary/aromatic N) is 2. The molecule has 1 aromatic carbocycles. The SMILES string of the molecule is O=C1C(=Cc2ccc(F)cc2)SC(=S)N1CN1CCOCC1. The zero-order valence-electron chi connectivity index (χ0n) is 11.8. The molecule has 3 rings (SSSR count). The van der Waals surface area contributed by atoms with E-state index in [0.29, 0.717) is 29.1 Å². The molecule has 0 saturated carbocycles. The number of amides is 1. The van der Waals surface area contributed by atoms with Crippen LogP contribution in [0.5, 0.6) is 0 Å². The number of morpholine rings is 1. The summed E-state index contributed by atoms with van der Waals surface area (Å²) in [5.74, 6) is -0.386. The molecule has 2 fully saturated rings. The molecule has 2 saturated heterocycles. The van der Waals surface area contributed by atoms with Gasteiger partial charge < -0.3 is 4.74 Å². The fraction of sp³-hybridized carbons (Fsp3) is 0.333.